The van der Waals surface area contributed by atoms with Gasteiger partial charge in [0.25, 0.3) is 5.91 Å². The van der Waals surface area contributed by atoms with Gasteiger partial charge in [-0.25, -0.2) is 4.39 Å². The first kappa shape index (κ1) is 14.2. The van der Waals surface area contributed by atoms with Crippen molar-refractivity contribution < 1.29 is 40.6 Å². The number of carbonyl (C=O) groups excluding carboxylic acids is 3. The van der Waals surface area contributed by atoms with Crippen LogP contribution < -0.4 is 10.1 Å². The average molecular weight is 477 g/mol. The van der Waals surface area contributed by atoms with Crippen molar-refractivity contribution >= 4 is 17.7 Å². The highest BCUT2D eigenvalue weighted by Crippen LogP contribution is 2.34. The maximum atomic E-state index is 14.8. The van der Waals surface area contributed by atoms with Crippen LogP contribution in [-0.4, -0.2) is 59.7 Å². The van der Waals surface area contributed by atoms with Gasteiger partial charge in [0.05, 0.1) is 26.5 Å². The molecule has 1 N–H and O–H groups in total. The maximum Gasteiger partial charge on any atom is 0.255 e. The predicted octanol–water partition coefficient (Wildman–Crippen LogP) is 2.00. The van der Waals surface area contributed by atoms with Crippen molar-refractivity contribution in [2.45, 2.75) is 38.6 Å². The molecule has 8 nitrogen and oxygen atoms in total. The van der Waals surface area contributed by atoms with Crippen LogP contribution in [0.25, 0.3) is 0 Å². The van der Waals surface area contributed by atoms with Crippen molar-refractivity contribution in [2.24, 2.45) is 0 Å². The fourth-order valence-electron chi connectivity index (χ4n) is 3.99. The number of imide groups is 1. The van der Waals surface area contributed by atoms with Crippen molar-refractivity contribution in [3.05, 3.63) is 64.5 Å². The summed E-state index contributed by atoms with van der Waals surface area (Å²) in [5.74, 6) is -2.63. The summed E-state index contributed by atoms with van der Waals surface area (Å²) < 4.78 is 97.9. The van der Waals surface area contributed by atoms with Crippen LogP contribution in [0.3, 0.4) is 0 Å². The molecule has 1 unspecified atom stereocenters. The van der Waals surface area contributed by atoms with Crippen molar-refractivity contribution in [3.63, 3.8) is 0 Å². The highest BCUT2D eigenvalue weighted by molar-refractivity contribution is 6.05. The van der Waals surface area contributed by atoms with Crippen molar-refractivity contribution in [2.75, 3.05) is 26.1 Å². The van der Waals surface area contributed by atoms with E-state index in [0.29, 0.717) is 10.5 Å². The zero-order chi connectivity index (χ0) is 31.8. The quantitative estimate of drug-likeness (QED) is 0.642. The highest BCUT2D eigenvalue weighted by Gasteiger charge is 2.40. The topological polar surface area (TPSA) is 88.2 Å². The smallest absolute Gasteiger partial charge is 0.255 e. The first-order valence-corrected chi connectivity index (χ1v) is 10.5. The fraction of sp³-hybridized carbons (Fsp3) is 0.400. The summed E-state index contributed by atoms with van der Waals surface area (Å²) in [6, 6.07) is 5.98. The molecule has 2 aromatic carbocycles. The molecule has 0 bridgehead atoms. The van der Waals surface area contributed by atoms with Crippen LogP contribution in [0.15, 0.2) is 36.4 Å². The van der Waals surface area contributed by atoms with E-state index in [1.807, 2.05) is 0 Å². The number of carbonyl (C=O) groups is 3. The van der Waals surface area contributed by atoms with Crippen LogP contribution in [0.1, 0.15) is 52.2 Å². The maximum absolute atomic E-state index is 14.8. The number of fused-ring (bicyclic) bond motifs is 1. The summed E-state index contributed by atoms with van der Waals surface area (Å²) in [7, 11) is 0. The van der Waals surface area contributed by atoms with Crippen LogP contribution in [0.2, 0.25) is 0 Å². The lowest BCUT2D eigenvalue weighted by molar-refractivity contribution is -0.136. The van der Waals surface area contributed by atoms with Crippen molar-refractivity contribution in [3.8, 4) is 5.75 Å². The van der Waals surface area contributed by atoms with Gasteiger partial charge in [-0.3, -0.25) is 24.6 Å². The molecular formula is C25H26FN3O5. The van der Waals surface area contributed by atoms with Gasteiger partial charge in [-0.2, -0.15) is 0 Å². The van der Waals surface area contributed by atoms with Gasteiger partial charge >= 0.3 is 0 Å². The summed E-state index contributed by atoms with van der Waals surface area (Å²) in [6.45, 7) is -13.9. The molecule has 0 radical (unpaired) electrons. The molecule has 0 spiro atoms. The fourth-order valence-corrected chi connectivity index (χ4v) is 3.99. The minimum atomic E-state index is -3.22. The Morgan fingerprint density at radius 2 is 2.03 bits per heavy atom. The molecule has 0 aliphatic carbocycles. The highest BCUT2D eigenvalue weighted by atomic mass is 19.1. The number of hydrogen-bond acceptors (Lipinski definition) is 6. The van der Waals surface area contributed by atoms with Gasteiger partial charge in [0.15, 0.2) is 0 Å². The van der Waals surface area contributed by atoms with E-state index in [-0.39, 0.29) is 41.8 Å². The molecule has 3 aliphatic rings. The van der Waals surface area contributed by atoms with Crippen LogP contribution in [-0.2, 0) is 34.0 Å². The Labute approximate surface area is 209 Å². The number of nitrogens with zero attached hydrogens (tertiary/aromatic N) is 2. The lowest BCUT2D eigenvalue weighted by Gasteiger charge is -2.29. The third kappa shape index (κ3) is 4.53. The molecule has 3 heterocycles. The molecule has 3 aliphatic heterocycles. The van der Waals surface area contributed by atoms with Gasteiger partial charge in [-0.05, 0) is 36.2 Å². The summed E-state index contributed by atoms with van der Waals surface area (Å²) in [4.78, 5) is 38.6. The van der Waals surface area contributed by atoms with Gasteiger partial charge in [-0.1, -0.05) is 12.1 Å². The minimum absolute atomic E-state index is 0.0567. The predicted molar refractivity (Wildman–Crippen MR) is 119 cm³/mol. The molecular weight excluding hydrogens is 441 g/mol. The van der Waals surface area contributed by atoms with Gasteiger partial charge in [-0.15, -0.1) is 0 Å². The van der Waals surface area contributed by atoms with Crippen LogP contribution in [0, 0.1) is 5.82 Å². The number of morpholine rings is 1. The van der Waals surface area contributed by atoms with Crippen LogP contribution in [0.5, 0.6) is 5.75 Å². The third-order valence-corrected chi connectivity index (χ3v) is 5.65. The number of halogens is 1. The number of hydrogen-bond donors (Lipinski definition) is 1. The van der Waals surface area contributed by atoms with E-state index in [1.165, 1.54) is 30.3 Å². The molecule has 2 aromatic rings. The van der Waals surface area contributed by atoms with Gasteiger partial charge in [0, 0.05) is 48.1 Å². The summed E-state index contributed by atoms with van der Waals surface area (Å²) in [5, 5.41) is 2.08. The number of nitrogens with one attached hydrogen (secondary N) is 1. The largest absolute Gasteiger partial charge is 0.488 e. The zero-order valence-corrected chi connectivity index (χ0v) is 17.8. The summed E-state index contributed by atoms with van der Waals surface area (Å²) >= 11 is 0. The molecule has 34 heavy (non-hydrogen) atoms. The average Bonchev–Trinajstić information content (AvgIpc) is 3.25. The lowest BCUT2D eigenvalue weighted by Crippen LogP contribution is -2.52. The Morgan fingerprint density at radius 1 is 1.21 bits per heavy atom. The third-order valence-electron chi connectivity index (χ3n) is 5.65. The molecule has 0 aromatic heterocycles. The van der Waals surface area contributed by atoms with Gasteiger partial charge in [0.1, 0.15) is 24.2 Å². The summed E-state index contributed by atoms with van der Waals surface area (Å²) in [6.07, 6.45) is -0.301. The number of ether oxygens (including phenoxy) is 2. The van der Waals surface area contributed by atoms with Gasteiger partial charge in [0.2, 0.25) is 11.8 Å². The lowest BCUT2D eigenvalue weighted by atomic mass is 10.0. The molecule has 9 heteroatoms. The molecule has 3 amide bonds. The first-order valence-electron chi connectivity index (χ1n) is 15.0. The Bertz CT molecular complexity index is 1500. The van der Waals surface area contributed by atoms with Crippen molar-refractivity contribution in [1.29, 1.82) is 0 Å². The standard InChI is InChI=1S/C25H26FN3O5/c26-20-5-4-16(13-28-8-10-33-11-9-28)12-17(20)15-34-22-3-1-2-18-19(22)14-29(25(18)32)21-6-7-23(30)27-24(21)31/h1-5,12,21H,6-11,13-15H2,(H,27,30,31)/i8D2,9D2,10D2,11D2,21D. The zero-order valence-electron chi connectivity index (χ0n) is 26.8. The number of amides is 3. The van der Waals surface area contributed by atoms with E-state index >= 15 is 0 Å². The Morgan fingerprint density at radius 3 is 2.82 bits per heavy atom. The van der Waals surface area contributed by atoms with Gasteiger partial charge < -0.3 is 14.4 Å². The number of rotatable bonds is 6. The molecule has 0 saturated carbocycles. The Balaban J connectivity index is 1.37. The summed E-state index contributed by atoms with van der Waals surface area (Å²) in [5.41, 5.74) is 0.580. The first-order chi connectivity index (χ1) is 19.8. The second-order valence-corrected chi connectivity index (χ2v) is 7.83. The monoisotopic (exact) mass is 476 g/mol. The van der Waals surface area contributed by atoms with E-state index < -0.39 is 68.8 Å². The van der Waals surface area contributed by atoms with Crippen LogP contribution in [0.4, 0.5) is 4.39 Å². The van der Waals surface area contributed by atoms with Crippen molar-refractivity contribution in [1.82, 2.24) is 15.1 Å². The second-order valence-electron chi connectivity index (χ2n) is 7.83. The van der Waals surface area contributed by atoms with E-state index in [0.717, 1.165) is 11.0 Å². The SMILES string of the molecule is [2H]C1(N2Cc3c(OCc4cc(CN5C([2H])([2H])C([2H])([2H])OC([2H])([2H])C5([2H])[2H])ccc4F)cccc3C2=O)CCC(=O)NC1=O. The van der Waals surface area contributed by atoms with E-state index in [1.54, 1.807) is 0 Å². The Hall–Kier alpha value is -3.30. The van der Waals surface area contributed by atoms with E-state index in [9.17, 15) is 18.8 Å². The second kappa shape index (κ2) is 9.52. The number of piperidine rings is 1. The molecule has 2 fully saturated rings. The normalized spacial score (nSPS) is 32.9. The van der Waals surface area contributed by atoms with E-state index in [2.05, 4.69) is 10.1 Å². The molecule has 2 saturated heterocycles. The van der Waals surface area contributed by atoms with Crippen LogP contribution >= 0.6 is 0 Å². The molecule has 178 valence electrons. The van der Waals surface area contributed by atoms with E-state index in [4.69, 9.17) is 17.1 Å². The molecule has 5 rings (SSSR count). The number of benzene rings is 2. The molecule has 1 atom stereocenters. The minimum Gasteiger partial charge on any atom is -0.488 e. The Kier molecular flexibility index (Phi) is 3.97.